The number of nitrogens with zero attached hydrogens (tertiary/aromatic N) is 3. The number of carbonyl (C=O) groups excluding carboxylic acids is 3. The first kappa shape index (κ1) is 31.4. The van der Waals surface area contributed by atoms with Crippen molar-refractivity contribution in [2.24, 2.45) is 0 Å². The summed E-state index contributed by atoms with van der Waals surface area (Å²) in [5.74, 6) is -0.170. The fourth-order valence-electron chi connectivity index (χ4n) is 6.12. The summed E-state index contributed by atoms with van der Waals surface area (Å²) < 4.78 is 5.64. The lowest BCUT2D eigenvalue weighted by molar-refractivity contribution is -0.132. The quantitative estimate of drug-likeness (QED) is 0.376. The fourth-order valence-corrected chi connectivity index (χ4v) is 6.12. The second-order valence-corrected chi connectivity index (χ2v) is 13.2. The molecule has 0 aromatic heterocycles. The van der Waals surface area contributed by atoms with Crippen molar-refractivity contribution in [1.82, 2.24) is 15.1 Å². The van der Waals surface area contributed by atoms with E-state index in [9.17, 15) is 24.6 Å². The van der Waals surface area contributed by atoms with Gasteiger partial charge in [0.25, 0.3) is 5.91 Å². The number of phenolic OH excluding ortho intramolecular Hbond substituents is 1. The Hall–Kier alpha value is -3.99. The van der Waals surface area contributed by atoms with Crippen LogP contribution in [-0.4, -0.2) is 94.4 Å². The highest BCUT2D eigenvalue weighted by Crippen LogP contribution is 2.30. The maximum Gasteiger partial charge on any atom is 0.410 e. The van der Waals surface area contributed by atoms with Crippen LogP contribution in [0.15, 0.2) is 36.4 Å². The van der Waals surface area contributed by atoms with Crippen molar-refractivity contribution in [3.8, 4) is 5.75 Å². The minimum atomic E-state index is -1.07. The van der Waals surface area contributed by atoms with E-state index >= 15 is 0 Å². The summed E-state index contributed by atoms with van der Waals surface area (Å²) in [6, 6.07) is 10.2. The van der Waals surface area contributed by atoms with Gasteiger partial charge in [-0.25, -0.2) is 4.79 Å². The van der Waals surface area contributed by atoms with E-state index in [4.69, 9.17) is 4.74 Å². The first-order valence-corrected chi connectivity index (χ1v) is 15.5. The standard InChI is InChI=1S/C33H45N5O6/c1-21(39)37-19-26(20-37)35-25-12-23(13-27(16-25)36-10-6-5-7-11-36)31(42)34-17-30(41)29-15-22-8-9-28(40)14-24(22)18-38(29)32(43)44-33(2,3)4/h8-9,12-14,16,26,29-30,35,40-41H,5-7,10-11,15,17-20H2,1-4H3,(H,34,42)/t29-,30+/m0/s1. The number of likely N-dealkylation sites (tertiary alicyclic amines) is 1. The van der Waals surface area contributed by atoms with Crippen molar-refractivity contribution < 1.29 is 29.3 Å². The highest BCUT2D eigenvalue weighted by molar-refractivity contribution is 5.96. The molecule has 2 fully saturated rings. The van der Waals surface area contributed by atoms with Gasteiger partial charge in [0.2, 0.25) is 5.91 Å². The maximum absolute atomic E-state index is 13.5. The molecule has 0 radical (unpaired) electrons. The van der Waals surface area contributed by atoms with E-state index in [1.54, 1.807) is 50.8 Å². The van der Waals surface area contributed by atoms with Gasteiger partial charge >= 0.3 is 6.09 Å². The highest BCUT2D eigenvalue weighted by atomic mass is 16.6. The number of hydrogen-bond donors (Lipinski definition) is 4. The third kappa shape index (κ3) is 7.56. The molecule has 3 amide bonds. The molecule has 11 nitrogen and oxygen atoms in total. The number of nitrogens with one attached hydrogen (secondary N) is 2. The summed E-state index contributed by atoms with van der Waals surface area (Å²) in [4.78, 5) is 43.9. The molecule has 4 N–H and O–H groups in total. The first-order chi connectivity index (χ1) is 20.9. The number of hydrogen-bond acceptors (Lipinski definition) is 8. The van der Waals surface area contributed by atoms with Gasteiger partial charge in [0.1, 0.15) is 11.4 Å². The molecule has 2 atom stereocenters. The van der Waals surface area contributed by atoms with E-state index in [0.717, 1.165) is 48.4 Å². The molecule has 238 valence electrons. The largest absolute Gasteiger partial charge is 0.508 e. The SMILES string of the molecule is CC(=O)N1CC(Nc2cc(C(=O)NC[C@@H](O)[C@@H]3Cc4ccc(O)cc4CN3C(=O)OC(C)(C)C)cc(N3CCCCC3)c2)C1. The van der Waals surface area contributed by atoms with E-state index in [2.05, 4.69) is 21.6 Å². The number of phenols is 1. The molecule has 11 heteroatoms. The van der Waals surface area contributed by atoms with Crippen molar-refractivity contribution in [2.45, 2.75) is 83.7 Å². The molecule has 3 aliphatic rings. The fraction of sp³-hybridized carbons (Fsp3) is 0.545. The second-order valence-electron chi connectivity index (χ2n) is 13.2. The zero-order chi connectivity index (χ0) is 31.6. The van der Waals surface area contributed by atoms with Crippen LogP contribution in [0.4, 0.5) is 16.2 Å². The minimum absolute atomic E-state index is 0.0496. The van der Waals surface area contributed by atoms with Gasteiger partial charge in [-0.05, 0) is 87.9 Å². The van der Waals surface area contributed by atoms with Crippen LogP contribution in [0.2, 0.25) is 0 Å². The molecule has 0 spiro atoms. The monoisotopic (exact) mass is 607 g/mol. The number of amides is 3. The summed E-state index contributed by atoms with van der Waals surface area (Å²) in [7, 11) is 0. The van der Waals surface area contributed by atoms with Crippen LogP contribution < -0.4 is 15.5 Å². The summed E-state index contributed by atoms with van der Waals surface area (Å²) in [6.07, 6.45) is 2.11. The lowest BCUT2D eigenvalue weighted by Crippen LogP contribution is -2.56. The van der Waals surface area contributed by atoms with Gasteiger partial charge in [-0.1, -0.05) is 6.07 Å². The van der Waals surface area contributed by atoms with Crippen molar-refractivity contribution >= 4 is 29.3 Å². The molecular weight excluding hydrogens is 562 g/mol. The molecule has 2 saturated heterocycles. The summed E-state index contributed by atoms with van der Waals surface area (Å²) in [5, 5.41) is 27.7. The van der Waals surface area contributed by atoms with E-state index in [-0.39, 0.29) is 36.7 Å². The average molecular weight is 608 g/mol. The van der Waals surface area contributed by atoms with E-state index in [1.165, 1.54) is 11.3 Å². The van der Waals surface area contributed by atoms with Crippen LogP contribution in [0, 0.1) is 0 Å². The van der Waals surface area contributed by atoms with Gasteiger partial charge in [0.05, 0.1) is 18.2 Å². The number of aromatic hydroxyl groups is 1. The van der Waals surface area contributed by atoms with Crippen LogP contribution in [0.5, 0.6) is 5.75 Å². The summed E-state index contributed by atoms with van der Waals surface area (Å²) >= 11 is 0. The molecule has 2 aromatic rings. The molecule has 44 heavy (non-hydrogen) atoms. The molecule has 2 aromatic carbocycles. The number of anilines is 2. The average Bonchev–Trinajstić information content (AvgIpc) is 2.95. The molecule has 0 unspecified atom stereocenters. The molecule has 5 rings (SSSR count). The Morgan fingerprint density at radius 3 is 2.43 bits per heavy atom. The van der Waals surface area contributed by atoms with Crippen LogP contribution in [-0.2, 0) is 22.5 Å². The van der Waals surface area contributed by atoms with E-state index in [0.29, 0.717) is 25.1 Å². The zero-order valence-corrected chi connectivity index (χ0v) is 26.1. The maximum atomic E-state index is 13.5. The van der Waals surface area contributed by atoms with Gasteiger partial charge in [-0.2, -0.15) is 0 Å². The number of fused-ring (bicyclic) bond motifs is 1. The Bertz CT molecular complexity index is 1380. The third-order valence-corrected chi connectivity index (χ3v) is 8.50. The Kier molecular flexibility index (Phi) is 9.24. The number of aliphatic hydroxyl groups excluding tert-OH is 1. The molecule has 3 aliphatic heterocycles. The van der Waals surface area contributed by atoms with E-state index < -0.39 is 23.8 Å². The number of piperidine rings is 1. The number of rotatable bonds is 7. The highest BCUT2D eigenvalue weighted by Gasteiger charge is 2.37. The molecule has 3 heterocycles. The predicted molar refractivity (Wildman–Crippen MR) is 168 cm³/mol. The van der Waals surface area contributed by atoms with Gasteiger partial charge in [0, 0.05) is 63.1 Å². The Morgan fingerprint density at radius 1 is 1.02 bits per heavy atom. The van der Waals surface area contributed by atoms with Crippen molar-refractivity contribution in [1.29, 1.82) is 0 Å². The van der Waals surface area contributed by atoms with Gasteiger partial charge in [-0.15, -0.1) is 0 Å². The number of benzene rings is 2. The van der Waals surface area contributed by atoms with Crippen LogP contribution in [0.25, 0.3) is 0 Å². The summed E-state index contributed by atoms with van der Waals surface area (Å²) in [5.41, 5.74) is 3.23. The van der Waals surface area contributed by atoms with Crippen LogP contribution in [0.1, 0.15) is 68.4 Å². The van der Waals surface area contributed by atoms with Crippen molar-refractivity contribution in [3.05, 3.63) is 53.1 Å². The zero-order valence-electron chi connectivity index (χ0n) is 26.1. The molecule has 0 aliphatic carbocycles. The molecular formula is C33H45N5O6. The van der Waals surface area contributed by atoms with Crippen LogP contribution in [0.3, 0.4) is 0 Å². The first-order valence-electron chi connectivity index (χ1n) is 15.5. The lowest BCUT2D eigenvalue weighted by atomic mass is 9.91. The van der Waals surface area contributed by atoms with Crippen molar-refractivity contribution in [2.75, 3.05) is 42.9 Å². The topological polar surface area (TPSA) is 135 Å². The second kappa shape index (κ2) is 12.9. The van der Waals surface area contributed by atoms with Crippen molar-refractivity contribution in [3.63, 3.8) is 0 Å². The number of carbonyl (C=O) groups is 3. The molecule has 0 saturated carbocycles. The minimum Gasteiger partial charge on any atom is -0.508 e. The van der Waals surface area contributed by atoms with Gasteiger partial charge in [0.15, 0.2) is 0 Å². The predicted octanol–water partition coefficient (Wildman–Crippen LogP) is 3.48. The molecule has 0 bridgehead atoms. The van der Waals surface area contributed by atoms with Gasteiger partial charge in [-0.3, -0.25) is 14.5 Å². The van der Waals surface area contributed by atoms with Crippen LogP contribution >= 0.6 is 0 Å². The number of aliphatic hydroxyl groups is 1. The normalized spacial score (nSPS) is 19.5. The van der Waals surface area contributed by atoms with E-state index in [1.807, 2.05) is 12.1 Å². The third-order valence-electron chi connectivity index (χ3n) is 8.50. The Morgan fingerprint density at radius 2 is 1.75 bits per heavy atom. The Labute approximate surface area is 259 Å². The number of ether oxygens (including phenoxy) is 1. The summed E-state index contributed by atoms with van der Waals surface area (Å²) in [6.45, 7) is 10.1. The smallest absolute Gasteiger partial charge is 0.410 e. The lowest BCUT2D eigenvalue weighted by Gasteiger charge is -2.40. The van der Waals surface area contributed by atoms with Gasteiger partial charge < -0.3 is 35.4 Å². The Balaban J connectivity index is 1.30.